The molecule has 0 radical (unpaired) electrons. The molecule has 2 aliphatic rings. The minimum absolute atomic E-state index is 0.247. The third-order valence-corrected chi connectivity index (χ3v) is 3.80. The largest absolute Gasteiger partial charge is 0.303 e. The van der Waals surface area contributed by atoms with E-state index in [1.807, 2.05) is 0 Å². The van der Waals surface area contributed by atoms with E-state index in [1.165, 1.54) is 25.7 Å². The molecular weight excluding hydrogens is 160 g/mol. The van der Waals surface area contributed by atoms with Crippen molar-refractivity contribution in [3.05, 3.63) is 11.6 Å². The second-order valence-corrected chi connectivity index (χ2v) is 5.04. The third-order valence-electron chi connectivity index (χ3n) is 3.80. The molecule has 13 heavy (non-hydrogen) atoms. The minimum atomic E-state index is 0.247. The first-order valence-electron chi connectivity index (χ1n) is 5.31. The summed E-state index contributed by atoms with van der Waals surface area (Å²) in [5.41, 5.74) is 1.85. The van der Waals surface area contributed by atoms with Crippen LogP contribution in [0.25, 0.3) is 0 Å². The van der Waals surface area contributed by atoms with E-state index in [0.717, 1.165) is 6.29 Å². The van der Waals surface area contributed by atoms with E-state index in [2.05, 4.69) is 19.9 Å². The minimum Gasteiger partial charge on any atom is -0.303 e. The van der Waals surface area contributed by atoms with Crippen molar-refractivity contribution in [2.75, 3.05) is 0 Å². The summed E-state index contributed by atoms with van der Waals surface area (Å²) in [4.78, 5) is 10.7. The second-order valence-electron chi connectivity index (χ2n) is 5.04. The van der Waals surface area contributed by atoms with Crippen molar-refractivity contribution in [3.63, 3.8) is 0 Å². The number of allylic oxidation sites excluding steroid dienone is 2. The number of carbonyl (C=O) groups is 1. The van der Waals surface area contributed by atoms with E-state index >= 15 is 0 Å². The van der Waals surface area contributed by atoms with Crippen LogP contribution in [0.15, 0.2) is 11.6 Å². The molecule has 0 aliphatic heterocycles. The Morgan fingerprint density at radius 2 is 1.85 bits per heavy atom. The van der Waals surface area contributed by atoms with Gasteiger partial charge >= 0.3 is 0 Å². The number of carbonyl (C=O) groups excluding carboxylic acids is 1. The molecule has 0 unspecified atom stereocenters. The zero-order valence-electron chi connectivity index (χ0n) is 8.55. The maximum absolute atomic E-state index is 10.7. The van der Waals surface area contributed by atoms with Gasteiger partial charge in [0.1, 0.15) is 6.29 Å². The molecule has 72 valence electrons. The molecule has 2 atom stereocenters. The average molecular weight is 178 g/mol. The third kappa shape index (κ3) is 1.45. The normalized spacial score (nSPS) is 36.0. The molecule has 0 amide bonds. The number of aldehydes is 1. The fourth-order valence-corrected chi connectivity index (χ4v) is 2.55. The van der Waals surface area contributed by atoms with Crippen LogP contribution in [-0.2, 0) is 4.79 Å². The van der Waals surface area contributed by atoms with E-state index in [4.69, 9.17) is 0 Å². The fourth-order valence-electron chi connectivity index (χ4n) is 2.55. The summed E-state index contributed by atoms with van der Waals surface area (Å²) in [7, 11) is 0. The van der Waals surface area contributed by atoms with Gasteiger partial charge in [0.05, 0.1) is 0 Å². The van der Waals surface area contributed by atoms with Gasteiger partial charge in [-0.3, -0.25) is 0 Å². The van der Waals surface area contributed by atoms with E-state index in [1.54, 1.807) is 5.57 Å². The first-order chi connectivity index (χ1) is 6.16. The average Bonchev–Trinajstić information content (AvgIpc) is 2.54. The van der Waals surface area contributed by atoms with Crippen LogP contribution in [0.3, 0.4) is 0 Å². The van der Waals surface area contributed by atoms with Gasteiger partial charge < -0.3 is 4.79 Å². The van der Waals surface area contributed by atoms with Crippen LogP contribution < -0.4 is 0 Å². The second kappa shape index (κ2) is 2.97. The lowest BCUT2D eigenvalue weighted by Gasteiger charge is -1.98. The monoisotopic (exact) mass is 178 g/mol. The van der Waals surface area contributed by atoms with E-state index in [9.17, 15) is 4.79 Å². The Balaban J connectivity index is 2.04. The van der Waals surface area contributed by atoms with Gasteiger partial charge in [0.2, 0.25) is 0 Å². The molecule has 1 heteroatoms. The maximum atomic E-state index is 10.7. The standard InChI is InChI=1S/C12H18O/c1-12(2)10(11(12)8-13)7-9-5-3-4-6-9/h7-8,10-11H,3-6H2,1-2H3/t10-,11+/m1/s1. The predicted octanol–water partition coefficient (Wildman–Crippen LogP) is 2.96. The molecule has 0 aromatic rings. The highest BCUT2D eigenvalue weighted by Gasteiger charge is 2.56. The summed E-state index contributed by atoms with van der Waals surface area (Å²) in [6, 6.07) is 0. The molecule has 2 fully saturated rings. The summed E-state index contributed by atoms with van der Waals surface area (Å²) >= 11 is 0. The zero-order chi connectivity index (χ0) is 9.47. The Labute approximate surface area is 80.2 Å². The fraction of sp³-hybridized carbons (Fsp3) is 0.750. The first kappa shape index (κ1) is 8.98. The summed E-state index contributed by atoms with van der Waals surface area (Å²) in [6.07, 6.45) is 8.77. The van der Waals surface area contributed by atoms with Gasteiger partial charge in [-0.05, 0) is 37.0 Å². The van der Waals surface area contributed by atoms with Gasteiger partial charge in [-0.1, -0.05) is 25.5 Å². The lowest BCUT2D eigenvalue weighted by atomic mass is 10.1. The smallest absolute Gasteiger partial charge is 0.124 e. The molecule has 2 aliphatic carbocycles. The lowest BCUT2D eigenvalue weighted by Crippen LogP contribution is -1.90. The van der Waals surface area contributed by atoms with Gasteiger partial charge in [-0.2, -0.15) is 0 Å². The van der Waals surface area contributed by atoms with Crippen molar-refractivity contribution in [1.29, 1.82) is 0 Å². The zero-order valence-corrected chi connectivity index (χ0v) is 8.55. The summed E-state index contributed by atoms with van der Waals surface area (Å²) < 4.78 is 0. The molecule has 0 bridgehead atoms. The maximum Gasteiger partial charge on any atom is 0.124 e. The van der Waals surface area contributed by atoms with Crippen LogP contribution in [0.4, 0.5) is 0 Å². The van der Waals surface area contributed by atoms with Gasteiger partial charge in [0.25, 0.3) is 0 Å². The number of rotatable bonds is 2. The van der Waals surface area contributed by atoms with Crippen molar-refractivity contribution in [2.24, 2.45) is 17.3 Å². The quantitative estimate of drug-likeness (QED) is 0.469. The van der Waals surface area contributed by atoms with Gasteiger partial charge in [0, 0.05) is 5.92 Å². The number of hydrogen-bond donors (Lipinski definition) is 0. The molecular formula is C12H18O. The van der Waals surface area contributed by atoms with Crippen LogP contribution in [0.2, 0.25) is 0 Å². The van der Waals surface area contributed by atoms with Crippen molar-refractivity contribution in [3.8, 4) is 0 Å². The molecule has 0 N–H and O–H groups in total. The summed E-state index contributed by atoms with van der Waals surface area (Å²) in [5.74, 6) is 0.832. The summed E-state index contributed by atoms with van der Waals surface area (Å²) in [6.45, 7) is 4.39. The van der Waals surface area contributed by atoms with E-state index < -0.39 is 0 Å². The van der Waals surface area contributed by atoms with Gasteiger partial charge in [-0.25, -0.2) is 0 Å². The highest BCUT2D eigenvalue weighted by atomic mass is 16.1. The van der Waals surface area contributed by atoms with Crippen LogP contribution in [0.1, 0.15) is 39.5 Å². The molecule has 0 saturated heterocycles. The summed E-state index contributed by atoms with van der Waals surface area (Å²) in [5, 5.41) is 0. The molecule has 2 rings (SSSR count). The molecule has 0 aromatic heterocycles. The van der Waals surface area contributed by atoms with Crippen molar-refractivity contribution in [2.45, 2.75) is 39.5 Å². The van der Waals surface area contributed by atoms with Gasteiger partial charge in [0.15, 0.2) is 0 Å². The molecule has 0 aromatic carbocycles. The predicted molar refractivity (Wildman–Crippen MR) is 53.4 cm³/mol. The van der Waals surface area contributed by atoms with Crippen molar-refractivity contribution in [1.82, 2.24) is 0 Å². The molecule has 0 spiro atoms. The van der Waals surface area contributed by atoms with Crippen LogP contribution in [-0.4, -0.2) is 6.29 Å². The Morgan fingerprint density at radius 3 is 2.31 bits per heavy atom. The van der Waals surface area contributed by atoms with Crippen molar-refractivity contribution < 1.29 is 4.79 Å². The Morgan fingerprint density at radius 1 is 1.23 bits per heavy atom. The van der Waals surface area contributed by atoms with Crippen LogP contribution in [0.5, 0.6) is 0 Å². The highest BCUT2D eigenvalue weighted by molar-refractivity contribution is 5.62. The van der Waals surface area contributed by atoms with Crippen LogP contribution >= 0.6 is 0 Å². The van der Waals surface area contributed by atoms with E-state index in [0.29, 0.717) is 11.8 Å². The topological polar surface area (TPSA) is 17.1 Å². The van der Waals surface area contributed by atoms with Crippen molar-refractivity contribution >= 4 is 6.29 Å². The first-order valence-corrected chi connectivity index (χ1v) is 5.31. The molecule has 2 saturated carbocycles. The van der Waals surface area contributed by atoms with E-state index in [-0.39, 0.29) is 5.41 Å². The Kier molecular flexibility index (Phi) is 2.05. The SMILES string of the molecule is CC1(C)[C@H](C=C2CCCC2)[C@@H]1C=O. The Bertz CT molecular complexity index is 242. The molecule has 0 heterocycles. The lowest BCUT2D eigenvalue weighted by molar-refractivity contribution is -0.109. The number of hydrogen-bond acceptors (Lipinski definition) is 1. The van der Waals surface area contributed by atoms with Gasteiger partial charge in [-0.15, -0.1) is 0 Å². The van der Waals surface area contributed by atoms with Crippen LogP contribution in [0, 0.1) is 17.3 Å². The molecule has 1 nitrogen and oxygen atoms in total. The Hall–Kier alpha value is -0.590. The highest BCUT2D eigenvalue weighted by Crippen LogP contribution is 2.58.